The molecule has 1 aromatic heterocycles. The molecule has 1 heterocycles. The van der Waals surface area contributed by atoms with Crippen molar-refractivity contribution in [2.75, 3.05) is 0 Å². The number of nitrogens with zero attached hydrogens (tertiary/aromatic N) is 3. The van der Waals surface area contributed by atoms with Gasteiger partial charge in [-0.1, -0.05) is 11.6 Å². The topological polar surface area (TPSA) is 108 Å². The maximum absolute atomic E-state index is 11.2. The van der Waals surface area contributed by atoms with Gasteiger partial charge < -0.3 is 4.74 Å². The number of hydrogen-bond acceptors (Lipinski definition) is 6. The van der Waals surface area contributed by atoms with E-state index in [2.05, 4.69) is 4.98 Å². The van der Waals surface area contributed by atoms with Crippen molar-refractivity contribution in [2.24, 2.45) is 0 Å². The van der Waals surface area contributed by atoms with E-state index in [0.29, 0.717) is 21.7 Å². The highest BCUT2D eigenvalue weighted by atomic mass is 35.5. The minimum absolute atomic E-state index is 0.104. The number of ether oxygens (including phenoxy) is 1. The van der Waals surface area contributed by atoms with Crippen molar-refractivity contribution < 1.29 is 14.6 Å². The molecule has 0 spiro atoms. The first-order chi connectivity index (χ1) is 11.5. The lowest BCUT2D eigenvalue weighted by Gasteiger charge is -2.09. The number of hydrogen-bond donors (Lipinski definition) is 0. The van der Waals surface area contributed by atoms with Crippen LogP contribution in [0, 0.1) is 20.2 Å². The normalized spacial score (nSPS) is 10.5. The van der Waals surface area contributed by atoms with E-state index < -0.39 is 15.5 Å². The van der Waals surface area contributed by atoms with Gasteiger partial charge in [-0.15, -0.1) is 0 Å². The summed E-state index contributed by atoms with van der Waals surface area (Å²) in [6.45, 7) is 0. The summed E-state index contributed by atoms with van der Waals surface area (Å²) in [5.74, 6) is 0.224. The number of halogens is 1. The zero-order valence-corrected chi connectivity index (χ0v) is 12.6. The molecule has 8 nitrogen and oxygen atoms in total. The largest absolute Gasteiger partial charge is 0.449 e. The first-order valence-electron chi connectivity index (χ1n) is 6.60. The highest BCUT2D eigenvalue weighted by molar-refractivity contribution is 6.31. The zero-order valence-electron chi connectivity index (χ0n) is 11.9. The number of rotatable bonds is 4. The molecule has 0 radical (unpaired) electrons. The maximum Gasteiger partial charge on any atom is 0.318 e. The smallest absolute Gasteiger partial charge is 0.318 e. The van der Waals surface area contributed by atoms with Gasteiger partial charge in [0.2, 0.25) is 5.75 Å². The third kappa shape index (κ3) is 2.95. The van der Waals surface area contributed by atoms with E-state index in [1.165, 1.54) is 12.3 Å². The number of pyridine rings is 1. The van der Waals surface area contributed by atoms with Gasteiger partial charge in [-0.05, 0) is 30.3 Å². The Labute approximate surface area is 139 Å². The van der Waals surface area contributed by atoms with E-state index in [1.54, 1.807) is 24.3 Å². The van der Waals surface area contributed by atoms with E-state index in [0.717, 1.165) is 12.1 Å². The SMILES string of the molecule is O=[N+]([O-])c1ccc(Oc2ccnc3cc(Cl)ccc23)c([N+](=O)[O-])c1. The minimum Gasteiger partial charge on any atom is -0.449 e. The molecule has 0 bridgehead atoms. The van der Waals surface area contributed by atoms with Crippen LogP contribution in [0.15, 0.2) is 48.7 Å². The van der Waals surface area contributed by atoms with Crippen LogP contribution in [0.4, 0.5) is 11.4 Å². The van der Waals surface area contributed by atoms with E-state index in [9.17, 15) is 20.2 Å². The number of nitro benzene ring substituents is 2. The van der Waals surface area contributed by atoms with Gasteiger partial charge in [0.15, 0.2) is 0 Å². The fourth-order valence-corrected chi connectivity index (χ4v) is 2.32. The molecule has 3 rings (SSSR count). The van der Waals surface area contributed by atoms with Crippen LogP contribution in [0.3, 0.4) is 0 Å². The van der Waals surface area contributed by atoms with Gasteiger partial charge in [-0.2, -0.15) is 0 Å². The van der Waals surface area contributed by atoms with Crippen LogP contribution in [-0.2, 0) is 0 Å². The van der Waals surface area contributed by atoms with E-state index in [4.69, 9.17) is 16.3 Å². The Morgan fingerprint density at radius 2 is 1.75 bits per heavy atom. The van der Waals surface area contributed by atoms with E-state index in [-0.39, 0.29) is 11.4 Å². The minimum atomic E-state index is -0.734. The molecule has 24 heavy (non-hydrogen) atoms. The fourth-order valence-electron chi connectivity index (χ4n) is 2.15. The molecule has 0 saturated carbocycles. The number of fused-ring (bicyclic) bond motifs is 1. The first-order valence-corrected chi connectivity index (χ1v) is 6.98. The third-order valence-corrected chi connectivity index (χ3v) is 3.47. The summed E-state index contributed by atoms with van der Waals surface area (Å²) in [6, 6.07) is 9.69. The average Bonchev–Trinajstić information content (AvgIpc) is 2.54. The van der Waals surface area contributed by atoms with E-state index >= 15 is 0 Å². The summed E-state index contributed by atoms with van der Waals surface area (Å²) in [5.41, 5.74) is -0.326. The van der Waals surface area contributed by atoms with Gasteiger partial charge in [0, 0.05) is 22.7 Å². The Bertz CT molecular complexity index is 976. The van der Waals surface area contributed by atoms with Crippen LogP contribution in [0.1, 0.15) is 0 Å². The number of aromatic nitrogens is 1. The monoisotopic (exact) mass is 345 g/mol. The molecule has 9 heteroatoms. The van der Waals surface area contributed by atoms with Crippen molar-refractivity contribution in [1.29, 1.82) is 0 Å². The Morgan fingerprint density at radius 1 is 0.958 bits per heavy atom. The zero-order chi connectivity index (χ0) is 17.3. The molecule has 0 saturated heterocycles. The van der Waals surface area contributed by atoms with Gasteiger partial charge in [0.05, 0.1) is 21.4 Å². The average molecular weight is 346 g/mol. The molecule has 0 amide bonds. The van der Waals surface area contributed by atoms with Crippen molar-refractivity contribution in [1.82, 2.24) is 4.98 Å². The second-order valence-electron chi connectivity index (χ2n) is 4.74. The predicted octanol–water partition coefficient (Wildman–Crippen LogP) is 4.50. The summed E-state index contributed by atoms with van der Waals surface area (Å²) in [4.78, 5) is 24.7. The van der Waals surface area contributed by atoms with Gasteiger partial charge in [-0.25, -0.2) is 0 Å². The number of benzene rings is 2. The molecular weight excluding hydrogens is 338 g/mol. The van der Waals surface area contributed by atoms with Gasteiger partial charge in [0.25, 0.3) is 5.69 Å². The molecule has 120 valence electrons. The summed E-state index contributed by atoms with van der Waals surface area (Å²) in [5, 5.41) is 23.0. The molecule has 0 aliphatic heterocycles. The number of nitro groups is 2. The van der Waals surface area contributed by atoms with Gasteiger partial charge in [0.1, 0.15) is 5.75 Å². The van der Waals surface area contributed by atoms with Crippen molar-refractivity contribution in [2.45, 2.75) is 0 Å². The second kappa shape index (κ2) is 6.09. The highest BCUT2D eigenvalue weighted by Gasteiger charge is 2.21. The summed E-state index contributed by atoms with van der Waals surface area (Å²) in [7, 11) is 0. The Morgan fingerprint density at radius 3 is 2.46 bits per heavy atom. The molecule has 2 aromatic carbocycles. The summed E-state index contributed by atoms with van der Waals surface area (Å²) < 4.78 is 5.61. The molecule has 0 aliphatic rings. The van der Waals surface area contributed by atoms with Crippen molar-refractivity contribution in [3.8, 4) is 11.5 Å². The van der Waals surface area contributed by atoms with Crippen molar-refractivity contribution in [3.05, 3.63) is 73.9 Å². The second-order valence-corrected chi connectivity index (χ2v) is 5.18. The Kier molecular flexibility index (Phi) is 3.97. The Balaban J connectivity index is 2.08. The molecule has 0 atom stereocenters. The quantitative estimate of drug-likeness (QED) is 0.508. The van der Waals surface area contributed by atoms with Crippen molar-refractivity contribution >= 4 is 33.9 Å². The van der Waals surface area contributed by atoms with Crippen LogP contribution in [0.2, 0.25) is 5.02 Å². The summed E-state index contributed by atoms with van der Waals surface area (Å²) >= 11 is 5.91. The first kappa shape index (κ1) is 15.6. The summed E-state index contributed by atoms with van der Waals surface area (Å²) in [6.07, 6.45) is 1.48. The van der Waals surface area contributed by atoms with Gasteiger partial charge >= 0.3 is 5.69 Å². The molecule has 0 unspecified atom stereocenters. The van der Waals surface area contributed by atoms with Crippen LogP contribution >= 0.6 is 11.6 Å². The Hall–Kier alpha value is -3.26. The number of non-ortho nitro benzene ring substituents is 1. The fraction of sp³-hybridized carbons (Fsp3) is 0. The lowest BCUT2D eigenvalue weighted by molar-refractivity contribution is -0.394. The molecule has 0 fully saturated rings. The molecule has 0 aliphatic carbocycles. The van der Waals surface area contributed by atoms with Crippen molar-refractivity contribution in [3.63, 3.8) is 0 Å². The van der Waals surface area contributed by atoms with Crippen LogP contribution < -0.4 is 4.74 Å². The molecule has 3 aromatic rings. The van der Waals surface area contributed by atoms with Gasteiger partial charge in [-0.3, -0.25) is 25.2 Å². The molecular formula is C15H8ClN3O5. The lowest BCUT2D eigenvalue weighted by Crippen LogP contribution is -1.96. The standard InChI is InChI=1S/C15H8ClN3O5/c16-9-1-3-11-12(7-9)17-6-5-14(11)24-15-4-2-10(18(20)21)8-13(15)19(22)23/h1-8H. The highest BCUT2D eigenvalue weighted by Crippen LogP contribution is 2.36. The third-order valence-electron chi connectivity index (χ3n) is 3.23. The predicted molar refractivity (Wildman–Crippen MR) is 86.6 cm³/mol. The molecule has 0 N–H and O–H groups in total. The van der Waals surface area contributed by atoms with Crippen LogP contribution in [0.25, 0.3) is 10.9 Å². The lowest BCUT2D eigenvalue weighted by atomic mass is 10.2. The maximum atomic E-state index is 11.2. The van der Waals surface area contributed by atoms with Crippen LogP contribution in [-0.4, -0.2) is 14.8 Å². The van der Waals surface area contributed by atoms with E-state index in [1.807, 2.05) is 0 Å². The van der Waals surface area contributed by atoms with Crippen LogP contribution in [0.5, 0.6) is 11.5 Å².